The highest BCUT2D eigenvalue weighted by atomic mass is 79.9. The van der Waals surface area contributed by atoms with E-state index in [0.717, 1.165) is 17.3 Å². The fraction of sp³-hybridized carbons (Fsp3) is 0.455. The second kappa shape index (κ2) is 4.44. The van der Waals surface area contributed by atoms with Gasteiger partial charge >= 0.3 is 0 Å². The molecule has 2 aromatic heterocycles. The summed E-state index contributed by atoms with van der Waals surface area (Å²) < 4.78 is 2.59. The number of hydrogen-bond acceptors (Lipinski definition) is 4. The van der Waals surface area contributed by atoms with Crippen molar-refractivity contribution in [3.8, 4) is 0 Å². The van der Waals surface area contributed by atoms with Gasteiger partial charge in [0, 0.05) is 6.20 Å². The Hall–Kier alpha value is -1.70. The number of rotatable bonds is 4. The summed E-state index contributed by atoms with van der Waals surface area (Å²) in [5, 5.41) is 13.7. The highest BCUT2D eigenvalue weighted by Crippen LogP contribution is 2.44. The third kappa shape index (κ3) is 2.16. The first kappa shape index (κ1) is 12.3. The maximum absolute atomic E-state index is 12.4. The van der Waals surface area contributed by atoms with E-state index in [1.54, 1.807) is 10.9 Å². The molecule has 19 heavy (non-hydrogen) atoms. The van der Waals surface area contributed by atoms with Gasteiger partial charge in [0.05, 0.1) is 16.7 Å². The van der Waals surface area contributed by atoms with Crippen LogP contribution in [0, 0.1) is 0 Å². The van der Waals surface area contributed by atoms with Crippen LogP contribution in [0.3, 0.4) is 0 Å². The molecule has 8 heteroatoms. The molecule has 1 amide bonds. The molecule has 0 spiro atoms. The van der Waals surface area contributed by atoms with Crippen molar-refractivity contribution in [1.82, 2.24) is 30.3 Å². The van der Waals surface area contributed by atoms with Crippen LogP contribution in [-0.2, 0) is 10.3 Å². The van der Waals surface area contributed by atoms with Crippen LogP contribution in [0.2, 0.25) is 0 Å². The Kier molecular flexibility index (Phi) is 2.89. The first-order valence-corrected chi connectivity index (χ1v) is 6.78. The van der Waals surface area contributed by atoms with Gasteiger partial charge in [-0.3, -0.25) is 14.6 Å². The molecule has 1 aliphatic rings. The van der Waals surface area contributed by atoms with Crippen LogP contribution in [0.1, 0.15) is 31.6 Å². The second-order valence-electron chi connectivity index (χ2n) is 4.70. The number of hydrogen-bond donors (Lipinski definition) is 2. The number of halogens is 1. The molecule has 0 radical (unpaired) electrons. The van der Waals surface area contributed by atoms with Crippen molar-refractivity contribution in [1.29, 1.82) is 0 Å². The Bertz CT molecular complexity index is 588. The lowest BCUT2D eigenvalue weighted by Crippen LogP contribution is -2.40. The smallest absolute Gasteiger partial charge is 0.248 e. The van der Waals surface area contributed by atoms with Crippen LogP contribution in [0.25, 0.3) is 0 Å². The van der Waals surface area contributed by atoms with Crippen molar-refractivity contribution in [2.75, 3.05) is 0 Å². The summed E-state index contributed by atoms with van der Waals surface area (Å²) in [6.07, 6.45) is 6.54. The Morgan fingerprint density at radius 1 is 1.63 bits per heavy atom. The summed E-state index contributed by atoms with van der Waals surface area (Å²) in [4.78, 5) is 16.4. The molecule has 1 atom stereocenters. The normalized spacial score (nSPS) is 18.0. The zero-order valence-electron chi connectivity index (χ0n) is 10.3. The van der Waals surface area contributed by atoms with Crippen molar-refractivity contribution in [2.24, 2.45) is 0 Å². The number of amides is 1. The standard InChI is InChI=1S/C11H13BrN6O/c1-7(9-13-6-14-17-9)16-10(19)11(2-3-11)18-5-8(12)4-15-18/h4-7H,2-3H2,1H3,(H,16,19)(H,13,14,17). The molecular weight excluding hydrogens is 312 g/mol. The number of aromatic amines is 1. The molecule has 0 saturated heterocycles. The van der Waals surface area contributed by atoms with E-state index >= 15 is 0 Å². The summed E-state index contributed by atoms with van der Waals surface area (Å²) in [5.41, 5.74) is -0.541. The minimum atomic E-state index is -0.541. The van der Waals surface area contributed by atoms with Crippen LogP contribution in [0.5, 0.6) is 0 Å². The summed E-state index contributed by atoms with van der Waals surface area (Å²) in [6, 6.07) is -0.202. The predicted molar refractivity (Wildman–Crippen MR) is 70.1 cm³/mol. The van der Waals surface area contributed by atoms with Gasteiger partial charge in [-0.2, -0.15) is 10.2 Å². The van der Waals surface area contributed by atoms with Gasteiger partial charge in [0.25, 0.3) is 0 Å². The highest BCUT2D eigenvalue weighted by Gasteiger charge is 2.53. The van der Waals surface area contributed by atoms with Crippen molar-refractivity contribution < 1.29 is 4.79 Å². The number of carbonyl (C=O) groups excluding carboxylic acids is 1. The molecule has 2 heterocycles. The van der Waals surface area contributed by atoms with Crippen molar-refractivity contribution in [3.05, 3.63) is 29.0 Å². The lowest BCUT2D eigenvalue weighted by Gasteiger charge is -2.18. The van der Waals surface area contributed by atoms with Gasteiger partial charge in [0.15, 0.2) is 0 Å². The average molecular weight is 325 g/mol. The number of nitrogens with one attached hydrogen (secondary N) is 2. The number of nitrogens with zero attached hydrogens (tertiary/aromatic N) is 4. The molecule has 1 saturated carbocycles. The predicted octanol–water partition coefficient (Wildman–Crippen LogP) is 1.13. The Balaban J connectivity index is 1.74. The van der Waals surface area contributed by atoms with E-state index in [2.05, 4.69) is 41.5 Å². The highest BCUT2D eigenvalue weighted by molar-refractivity contribution is 9.10. The van der Waals surface area contributed by atoms with Crippen LogP contribution in [0.4, 0.5) is 0 Å². The third-order valence-electron chi connectivity index (χ3n) is 3.33. The zero-order valence-corrected chi connectivity index (χ0v) is 11.9. The zero-order chi connectivity index (χ0) is 13.5. The van der Waals surface area contributed by atoms with E-state index in [1.807, 2.05) is 13.1 Å². The van der Waals surface area contributed by atoms with Crippen molar-refractivity contribution in [3.63, 3.8) is 0 Å². The first-order chi connectivity index (χ1) is 9.12. The number of carbonyl (C=O) groups is 1. The molecule has 0 aliphatic heterocycles. The molecule has 2 aromatic rings. The van der Waals surface area contributed by atoms with Crippen LogP contribution in [-0.4, -0.2) is 30.9 Å². The van der Waals surface area contributed by atoms with Gasteiger partial charge in [-0.15, -0.1) is 0 Å². The Morgan fingerprint density at radius 2 is 2.42 bits per heavy atom. The average Bonchev–Trinajstić information content (AvgIpc) is 2.83. The summed E-state index contributed by atoms with van der Waals surface area (Å²) in [7, 11) is 0. The molecule has 1 fully saturated rings. The molecule has 2 N–H and O–H groups in total. The van der Waals surface area contributed by atoms with Gasteiger partial charge in [-0.1, -0.05) is 0 Å². The lowest BCUT2D eigenvalue weighted by molar-refractivity contribution is -0.126. The SMILES string of the molecule is CC(NC(=O)C1(n2cc(Br)cn2)CC1)c1ncn[nH]1. The lowest BCUT2D eigenvalue weighted by atomic mass is 10.2. The Morgan fingerprint density at radius 3 is 2.95 bits per heavy atom. The third-order valence-corrected chi connectivity index (χ3v) is 3.74. The molecule has 3 rings (SSSR count). The fourth-order valence-electron chi connectivity index (χ4n) is 2.04. The van der Waals surface area contributed by atoms with Gasteiger partial charge in [0.1, 0.15) is 17.7 Å². The topological polar surface area (TPSA) is 88.5 Å². The minimum absolute atomic E-state index is 0.0352. The van der Waals surface area contributed by atoms with E-state index in [9.17, 15) is 4.79 Å². The van der Waals surface area contributed by atoms with Crippen molar-refractivity contribution >= 4 is 21.8 Å². The van der Waals surface area contributed by atoms with E-state index in [-0.39, 0.29) is 11.9 Å². The molecule has 7 nitrogen and oxygen atoms in total. The monoisotopic (exact) mass is 324 g/mol. The summed E-state index contributed by atoms with van der Waals surface area (Å²) in [6.45, 7) is 1.87. The first-order valence-electron chi connectivity index (χ1n) is 5.99. The maximum atomic E-state index is 12.4. The quantitative estimate of drug-likeness (QED) is 0.882. The van der Waals surface area contributed by atoms with E-state index in [1.165, 1.54) is 6.33 Å². The minimum Gasteiger partial charge on any atom is -0.344 e. The summed E-state index contributed by atoms with van der Waals surface area (Å²) >= 11 is 3.35. The molecule has 100 valence electrons. The van der Waals surface area contributed by atoms with E-state index in [4.69, 9.17) is 0 Å². The molecular formula is C11H13BrN6O. The largest absolute Gasteiger partial charge is 0.344 e. The maximum Gasteiger partial charge on any atom is 0.248 e. The molecule has 1 aliphatic carbocycles. The van der Waals surface area contributed by atoms with Gasteiger partial charge in [-0.25, -0.2) is 4.98 Å². The Labute approximate surface area is 117 Å². The number of H-pyrrole nitrogens is 1. The second-order valence-corrected chi connectivity index (χ2v) is 5.62. The van der Waals surface area contributed by atoms with Crippen molar-refractivity contribution in [2.45, 2.75) is 31.3 Å². The van der Waals surface area contributed by atoms with Crippen LogP contribution < -0.4 is 5.32 Å². The fourth-order valence-corrected chi connectivity index (χ4v) is 2.32. The number of aromatic nitrogens is 5. The van der Waals surface area contributed by atoms with Crippen LogP contribution >= 0.6 is 15.9 Å². The van der Waals surface area contributed by atoms with Gasteiger partial charge < -0.3 is 5.32 Å². The van der Waals surface area contributed by atoms with E-state index in [0.29, 0.717) is 5.82 Å². The van der Waals surface area contributed by atoms with Gasteiger partial charge in [0.2, 0.25) is 5.91 Å². The molecule has 1 unspecified atom stereocenters. The van der Waals surface area contributed by atoms with E-state index < -0.39 is 5.54 Å². The molecule has 0 aromatic carbocycles. The summed E-state index contributed by atoms with van der Waals surface area (Å²) in [5.74, 6) is 0.609. The van der Waals surface area contributed by atoms with Crippen LogP contribution in [0.15, 0.2) is 23.2 Å². The van der Waals surface area contributed by atoms with Gasteiger partial charge in [-0.05, 0) is 35.7 Å². The molecule has 0 bridgehead atoms.